The van der Waals surface area contributed by atoms with Gasteiger partial charge in [0.15, 0.2) is 6.61 Å². The van der Waals surface area contributed by atoms with E-state index in [9.17, 15) is 4.79 Å². The number of carbonyl (C=O) groups is 1. The third-order valence-corrected chi connectivity index (χ3v) is 3.26. The highest BCUT2D eigenvalue weighted by molar-refractivity contribution is 6.12. The second-order valence-corrected chi connectivity index (χ2v) is 4.77. The van der Waals surface area contributed by atoms with Crippen molar-refractivity contribution in [3.05, 3.63) is 65.5 Å². The lowest BCUT2D eigenvalue weighted by atomic mass is 10.0. The number of amides is 1. The average molecular weight is 323 g/mol. The highest BCUT2D eigenvalue weighted by atomic mass is 16.6. The number of hydrogen-bond donors (Lipinski definition) is 1. The van der Waals surface area contributed by atoms with E-state index in [1.807, 2.05) is 50.3 Å². The number of allylic oxidation sites excluding steroid dienone is 2. The van der Waals surface area contributed by atoms with Gasteiger partial charge in [-0.05, 0) is 5.56 Å². The van der Waals surface area contributed by atoms with Crippen LogP contribution in [0.5, 0.6) is 0 Å². The van der Waals surface area contributed by atoms with E-state index in [0.29, 0.717) is 11.3 Å². The van der Waals surface area contributed by atoms with Crippen LogP contribution in [0.4, 0.5) is 0 Å². The number of hydrogen-bond acceptors (Lipinski definition) is 4. The summed E-state index contributed by atoms with van der Waals surface area (Å²) < 4.78 is 0. The van der Waals surface area contributed by atoms with Crippen LogP contribution in [0.1, 0.15) is 25.8 Å². The maximum absolute atomic E-state index is 12.4. The summed E-state index contributed by atoms with van der Waals surface area (Å²) in [6, 6.07) is 9.76. The predicted octanol–water partition coefficient (Wildman–Crippen LogP) is 3.47. The number of benzene rings is 1. The summed E-state index contributed by atoms with van der Waals surface area (Å²) in [5.74, 6) is -0.211. The van der Waals surface area contributed by atoms with Crippen molar-refractivity contribution in [1.29, 1.82) is 0 Å². The summed E-state index contributed by atoms with van der Waals surface area (Å²) in [4.78, 5) is 21.5. The standard InChI is InChI=1S/C17H15N3O2.C2H6/c21-17(14-8-4-5-9-18-10-14)20-16-12-22-19-11-15(16)13-6-2-1-3-7-13;1-2/h1-4,6-11H,5,12H2,(H,20,21);1-2H3. The first-order valence-electron chi connectivity index (χ1n) is 7.98. The molecule has 1 aromatic carbocycles. The molecule has 1 amide bonds. The molecule has 0 unspecified atom stereocenters. The molecule has 5 nitrogen and oxygen atoms in total. The van der Waals surface area contributed by atoms with Gasteiger partial charge in [0, 0.05) is 24.4 Å². The molecule has 0 spiro atoms. The fourth-order valence-corrected chi connectivity index (χ4v) is 2.15. The topological polar surface area (TPSA) is 63.0 Å². The molecule has 0 bridgehead atoms. The van der Waals surface area contributed by atoms with Crippen LogP contribution < -0.4 is 5.32 Å². The Bertz CT molecular complexity index is 713. The van der Waals surface area contributed by atoms with E-state index in [-0.39, 0.29) is 12.5 Å². The Hall–Kier alpha value is -2.95. The van der Waals surface area contributed by atoms with Crippen molar-refractivity contribution >= 4 is 23.9 Å². The van der Waals surface area contributed by atoms with Crippen LogP contribution in [0.15, 0.2) is 70.1 Å². The number of nitrogens with one attached hydrogen (secondary N) is 1. The lowest BCUT2D eigenvalue weighted by Gasteiger charge is -2.16. The Morgan fingerprint density at radius 2 is 2.00 bits per heavy atom. The van der Waals surface area contributed by atoms with E-state index in [1.54, 1.807) is 24.7 Å². The van der Waals surface area contributed by atoms with E-state index in [2.05, 4.69) is 15.5 Å². The molecule has 124 valence electrons. The molecule has 0 radical (unpaired) electrons. The molecular weight excluding hydrogens is 302 g/mol. The predicted molar refractivity (Wildman–Crippen MR) is 97.6 cm³/mol. The highest BCUT2D eigenvalue weighted by Gasteiger charge is 2.16. The minimum absolute atomic E-state index is 0.211. The molecule has 0 aromatic heterocycles. The highest BCUT2D eigenvalue weighted by Crippen LogP contribution is 2.19. The van der Waals surface area contributed by atoms with Gasteiger partial charge in [0.1, 0.15) is 0 Å². The van der Waals surface area contributed by atoms with Crippen LogP contribution in [0.3, 0.4) is 0 Å². The largest absolute Gasteiger partial charge is 0.389 e. The van der Waals surface area contributed by atoms with Crippen molar-refractivity contribution < 1.29 is 9.63 Å². The molecule has 1 aromatic rings. The van der Waals surface area contributed by atoms with Crippen LogP contribution in [0.25, 0.3) is 5.57 Å². The quantitative estimate of drug-likeness (QED) is 0.925. The second-order valence-electron chi connectivity index (χ2n) is 4.77. The molecule has 0 fully saturated rings. The third kappa shape index (κ3) is 4.52. The van der Waals surface area contributed by atoms with E-state index in [1.165, 1.54) is 0 Å². The summed E-state index contributed by atoms with van der Waals surface area (Å²) in [7, 11) is 0. The van der Waals surface area contributed by atoms with Crippen LogP contribution in [-0.2, 0) is 9.63 Å². The molecule has 24 heavy (non-hydrogen) atoms. The Morgan fingerprint density at radius 1 is 1.21 bits per heavy atom. The lowest BCUT2D eigenvalue weighted by Crippen LogP contribution is -2.28. The number of rotatable bonds is 3. The molecule has 3 rings (SSSR count). The molecular formula is C19H21N3O2. The first-order chi connectivity index (χ1) is 11.8. The SMILES string of the molecule is CC.O=C(NC1=C(c2ccccc2)C=NOC1)C1=CN=CCC=C1. The van der Waals surface area contributed by atoms with E-state index < -0.39 is 0 Å². The van der Waals surface area contributed by atoms with Gasteiger partial charge in [-0.15, -0.1) is 0 Å². The first-order valence-corrected chi connectivity index (χ1v) is 7.98. The molecule has 2 heterocycles. The zero-order chi connectivity index (χ0) is 17.2. The van der Waals surface area contributed by atoms with E-state index >= 15 is 0 Å². The number of oxime groups is 1. The van der Waals surface area contributed by atoms with Crippen molar-refractivity contribution in [2.45, 2.75) is 20.3 Å². The molecule has 1 N–H and O–H groups in total. The van der Waals surface area contributed by atoms with Gasteiger partial charge in [-0.1, -0.05) is 61.5 Å². The molecule has 2 aliphatic rings. The molecule has 2 aliphatic heterocycles. The minimum Gasteiger partial charge on any atom is -0.389 e. The fraction of sp³-hybridized carbons (Fsp3) is 0.211. The van der Waals surface area contributed by atoms with Crippen LogP contribution >= 0.6 is 0 Å². The smallest absolute Gasteiger partial charge is 0.257 e. The summed E-state index contributed by atoms with van der Waals surface area (Å²) in [5.41, 5.74) is 3.03. The van der Waals surface area contributed by atoms with Gasteiger partial charge in [0.05, 0.1) is 17.5 Å². The van der Waals surface area contributed by atoms with Gasteiger partial charge in [0.25, 0.3) is 5.91 Å². The molecule has 5 heteroatoms. The van der Waals surface area contributed by atoms with Gasteiger partial charge in [-0.25, -0.2) is 0 Å². The van der Waals surface area contributed by atoms with Gasteiger partial charge in [-0.3, -0.25) is 9.79 Å². The number of carbonyl (C=O) groups excluding carboxylic acids is 1. The van der Waals surface area contributed by atoms with Crippen molar-refractivity contribution in [1.82, 2.24) is 5.32 Å². The normalized spacial score (nSPS) is 15.7. The van der Waals surface area contributed by atoms with Crippen LogP contribution in [0, 0.1) is 0 Å². The first kappa shape index (κ1) is 17.4. The monoisotopic (exact) mass is 323 g/mol. The summed E-state index contributed by atoms with van der Waals surface area (Å²) >= 11 is 0. The summed E-state index contributed by atoms with van der Waals surface area (Å²) in [5, 5.41) is 6.73. The van der Waals surface area contributed by atoms with Gasteiger partial charge >= 0.3 is 0 Å². The lowest BCUT2D eigenvalue weighted by molar-refractivity contribution is -0.116. The maximum Gasteiger partial charge on any atom is 0.257 e. The van der Waals surface area contributed by atoms with Crippen molar-refractivity contribution in [2.75, 3.05) is 6.61 Å². The molecule has 0 saturated heterocycles. The Labute approximate surface area is 142 Å². The molecule has 0 aliphatic carbocycles. The minimum atomic E-state index is -0.211. The van der Waals surface area contributed by atoms with E-state index in [0.717, 1.165) is 17.6 Å². The zero-order valence-corrected chi connectivity index (χ0v) is 13.9. The van der Waals surface area contributed by atoms with Gasteiger partial charge in [-0.2, -0.15) is 0 Å². The third-order valence-electron chi connectivity index (χ3n) is 3.26. The van der Waals surface area contributed by atoms with Gasteiger partial charge in [0.2, 0.25) is 0 Å². The Balaban J connectivity index is 0.00000100. The van der Waals surface area contributed by atoms with Crippen molar-refractivity contribution in [3.63, 3.8) is 0 Å². The number of nitrogens with zero attached hydrogens (tertiary/aromatic N) is 2. The number of aliphatic imine (C=N–C) groups is 1. The van der Waals surface area contributed by atoms with Crippen LogP contribution in [-0.4, -0.2) is 24.9 Å². The maximum atomic E-state index is 12.4. The molecule has 0 atom stereocenters. The zero-order valence-electron chi connectivity index (χ0n) is 13.9. The van der Waals surface area contributed by atoms with Crippen molar-refractivity contribution in [2.24, 2.45) is 10.1 Å². The molecule has 0 saturated carbocycles. The van der Waals surface area contributed by atoms with Crippen LogP contribution in [0.2, 0.25) is 0 Å². The Morgan fingerprint density at radius 3 is 2.79 bits per heavy atom. The fourth-order valence-electron chi connectivity index (χ4n) is 2.15. The van der Waals surface area contributed by atoms with E-state index in [4.69, 9.17) is 4.84 Å². The average Bonchev–Trinajstić information content (AvgIpc) is 2.94. The summed E-state index contributed by atoms with van der Waals surface area (Å²) in [6.07, 6.45) is 9.31. The Kier molecular flexibility index (Phi) is 6.71. The second kappa shape index (κ2) is 9.25. The van der Waals surface area contributed by atoms with Gasteiger partial charge < -0.3 is 10.2 Å². The summed E-state index contributed by atoms with van der Waals surface area (Å²) in [6.45, 7) is 4.23. The van der Waals surface area contributed by atoms with Crippen molar-refractivity contribution in [3.8, 4) is 0 Å².